The van der Waals surface area contributed by atoms with Crippen LogP contribution in [0.15, 0.2) is 60.7 Å². The molecule has 3 amide bonds. The molecular formula is C32H46N4O9S. The van der Waals surface area contributed by atoms with E-state index in [-0.39, 0.29) is 39.2 Å². The second-order valence-corrected chi connectivity index (χ2v) is 14.4. The second kappa shape index (κ2) is 17.5. The fourth-order valence-corrected chi connectivity index (χ4v) is 5.58. The first kappa shape index (κ1) is 38.0. The molecule has 254 valence electrons. The molecule has 2 aromatic carbocycles. The Bertz CT molecular complexity index is 1360. The number of carbonyl (C=O) groups excluding carboxylic acids is 4. The number of hydrogen-bond donors (Lipinski definition) is 3. The van der Waals surface area contributed by atoms with Crippen molar-refractivity contribution in [3.8, 4) is 0 Å². The van der Waals surface area contributed by atoms with E-state index in [0.29, 0.717) is 11.1 Å². The average Bonchev–Trinajstić information content (AvgIpc) is 2.94. The zero-order chi connectivity index (χ0) is 34.4. The second-order valence-electron chi connectivity index (χ2n) is 12.4. The van der Waals surface area contributed by atoms with Gasteiger partial charge in [-0.3, -0.25) is 4.79 Å². The van der Waals surface area contributed by atoms with Crippen molar-refractivity contribution in [1.29, 1.82) is 0 Å². The van der Waals surface area contributed by atoms with E-state index in [1.807, 2.05) is 6.07 Å². The molecule has 0 aliphatic rings. The molecule has 0 saturated carbocycles. The summed E-state index contributed by atoms with van der Waals surface area (Å²) in [6.07, 6.45) is -2.58. The molecule has 14 heteroatoms. The van der Waals surface area contributed by atoms with Gasteiger partial charge < -0.3 is 30.2 Å². The quantitative estimate of drug-likeness (QED) is 0.240. The number of hydrogen-bond acceptors (Lipinski definition) is 9. The third-order valence-corrected chi connectivity index (χ3v) is 7.85. The Morgan fingerprint density at radius 2 is 1.17 bits per heavy atom. The highest BCUT2D eigenvalue weighted by atomic mass is 32.2. The molecule has 3 N–H and O–H groups in total. The van der Waals surface area contributed by atoms with Gasteiger partial charge in [-0.25, -0.2) is 22.8 Å². The molecule has 0 saturated heterocycles. The first-order chi connectivity index (χ1) is 21.4. The maximum atomic E-state index is 13.8. The summed E-state index contributed by atoms with van der Waals surface area (Å²) in [6, 6.07) is 16.1. The Balaban J connectivity index is 2.22. The Morgan fingerprint density at radius 1 is 0.717 bits per heavy atom. The van der Waals surface area contributed by atoms with Crippen LogP contribution < -0.4 is 16.0 Å². The Morgan fingerprint density at radius 3 is 1.63 bits per heavy atom. The number of carbonyl (C=O) groups is 4. The van der Waals surface area contributed by atoms with E-state index >= 15 is 0 Å². The number of nitrogens with one attached hydrogen (secondary N) is 3. The minimum atomic E-state index is -4.28. The summed E-state index contributed by atoms with van der Waals surface area (Å²) >= 11 is 0. The fraction of sp³-hybridized carbons (Fsp3) is 0.500. The number of sulfonamides is 1. The van der Waals surface area contributed by atoms with Gasteiger partial charge in [0.1, 0.15) is 23.9 Å². The molecule has 0 aliphatic carbocycles. The minimum Gasteiger partial charge on any atom is -0.445 e. The normalized spacial score (nSPS) is 12.5. The van der Waals surface area contributed by atoms with E-state index in [2.05, 4.69) is 16.0 Å². The maximum Gasteiger partial charge on any atom is 0.408 e. The molecule has 0 radical (unpaired) electrons. The number of Topliss-reactive ketones (excluding diaryl/α,β-unsaturated/α-hetero) is 1. The summed E-state index contributed by atoms with van der Waals surface area (Å²) < 4.78 is 44.2. The Labute approximate surface area is 271 Å². The molecule has 1 atom stereocenters. The summed E-state index contributed by atoms with van der Waals surface area (Å²) in [6.45, 7) is 9.37. The molecule has 0 bridgehead atoms. The van der Waals surface area contributed by atoms with E-state index in [1.165, 1.54) is 0 Å². The maximum absolute atomic E-state index is 13.8. The highest BCUT2D eigenvalue weighted by Gasteiger charge is 2.32. The van der Waals surface area contributed by atoms with Crippen molar-refractivity contribution in [3.05, 3.63) is 71.8 Å². The van der Waals surface area contributed by atoms with Crippen LogP contribution in [0.2, 0.25) is 0 Å². The molecule has 0 aromatic heterocycles. The number of rotatable bonds is 15. The summed E-state index contributed by atoms with van der Waals surface area (Å²) in [5.74, 6) is -1.34. The number of nitrogens with zero attached hydrogens (tertiary/aromatic N) is 1. The van der Waals surface area contributed by atoms with Gasteiger partial charge in [-0.15, -0.1) is 0 Å². The van der Waals surface area contributed by atoms with E-state index in [9.17, 15) is 27.6 Å². The monoisotopic (exact) mass is 662 g/mol. The van der Waals surface area contributed by atoms with Gasteiger partial charge in [0.05, 0.1) is 5.75 Å². The van der Waals surface area contributed by atoms with Gasteiger partial charge >= 0.3 is 18.3 Å². The summed E-state index contributed by atoms with van der Waals surface area (Å²) in [5, 5.41) is 7.44. The minimum absolute atomic E-state index is 0.0855. The van der Waals surface area contributed by atoms with Crippen LogP contribution in [0.1, 0.15) is 52.7 Å². The molecule has 13 nitrogen and oxygen atoms in total. The molecule has 2 rings (SSSR count). The van der Waals surface area contributed by atoms with E-state index in [4.69, 9.17) is 14.2 Å². The molecule has 0 spiro atoms. The smallest absolute Gasteiger partial charge is 0.408 e. The SMILES string of the molecule is CC(C)(C)OC(=O)NCCN(CCNC(=O)OC(C)(C)C)S(=O)(=O)C[C@@H](NC(=O)OCc1ccccc1)C(=O)Cc1ccccc1. The van der Waals surface area contributed by atoms with Crippen molar-refractivity contribution in [2.24, 2.45) is 0 Å². The number of alkyl carbamates (subject to hydrolysis) is 3. The molecule has 46 heavy (non-hydrogen) atoms. The van der Waals surface area contributed by atoms with Crippen LogP contribution in [0.4, 0.5) is 14.4 Å². The standard InChI is InChI=1S/C32H46N4O9S/c1-31(2,3)44-28(38)33-17-19-36(20-18-34-29(39)45-32(4,5)6)46(41,42)23-26(27(37)21-24-13-9-7-10-14-24)35-30(40)43-22-25-15-11-8-12-16-25/h7-16,26H,17-23H2,1-6H3,(H,33,38)(H,34,39)(H,35,40)/t26-/m1/s1. The van der Waals surface area contributed by atoms with Crippen LogP contribution in [0.3, 0.4) is 0 Å². The Kier molecular flexibility index (Phi) is 14.5. The predicted molar refractivity (Wildman–Crippen MR) is 173 cm³/mol. The van der Waals surface area contributed by atoms with Crippen molar-refractivity contribution in [1.82, 2.24) is 20.3 Å². The average molecular weight is 663 g/mol. The van der Waals surface area contributed by atoms with Crippen molar-refractivity contribution in [3.63, 3.8) is 0 Å². The lowest BCUT2D eigenvalue weighted by Crippen LogP contribution is -2.51. The zero-order valence-electron chi connectivity index (χ0n) is 27.3. The summed E-state index contributed by atoms with van der Waals surface area (Å²) in [4.78, 5) is 50.5. The van der Waals surface area contributed by atoms with Gasteiger partial charge in [-0.1, -0.05) is 60.7 Å². The highest BCUT2D eigenvalue weighted by molar-refractivity contribution is 7.89. The molecular weight excluding hydrogens is 616 g/mol. The zero-order valence-corrected chi connectivity index (χ0v) is 28.1. The number of amides is 3. The highest BCUT2D eigenvalue weighted by Crippen LogP contribution is 2.11. The molecule has 0 unspecified atom stereocenters. The third-order valence-electron chi connectivity index (χ3n) is 5.94. The van der Waals surface area contributed by atoms with Crippen LogP contribution in [0.5, 0.6) is 0 Å². The molecule has 0 fully saturated rings. The summed E-state index contributed by atoms with van der Waals surface area (Å²) in [5.41, 5.74) is -0.187. The van der Waals surface area contributed by atoms with Crippen LogP contribution in [-0.4, -0.2) is 86.0 Å². The summed E-state index contributed by atoms with van der Waals surface area (Å²) in [7, 11) is -4.28. The molecule has 0 heterocycles. The van der Waals surface area contributed by atoms with Gasteiger partial charge in [0, 0.05) is 32.6 Å². The Hall–Kier alpha value is -4.17. The predicted octanol–water partition coefficient (Wildman–Crippen LogP) is 3.77. The van der Waals surface area contributed by atoms with E-state index in [0.717, 1.165) is 4.31 Å². The van der Waals surface area contributed by atoms with Crippen molar-refractivity contribution < 1.29 is 41.8 Å². The number of benzene rings is 2. The largest absolute Gasteiger partial charge is 0.445 e. The van der Waals surface area contributed by atoms with Crippen LogP contribution >= 0.6 is 0 Å². The lowest BCUT2D eigenvalue weighted by atomic mass is 10.1. The lowest BCUT2D eigenvalue weighted by molar-refractivity contribution is -0.119. The number of ketones is 1. The third kappa shape index (κ3) is 15.7. The van der Waals surface area contributed by atoms with Gasteiger partial charge in [-0.05, 0) is 52.7 Å². The molecule has 2 aromatic rings. The first-order valence-electron chi connectivity index (χ1n) is 14.9. The van der Waals surface area contributed by atoms with Gasteiger partial charge in [0.2, 0.25) is 10.0 Å². The topological polar surface area (TPSA) is 169 Å². The van der Waals surface area contributed by atoms with E-state index in [1.54, 1.807) is 96.1 Å². The fourth-order valence-electron chi connectivity index (χ4n) is 3.94. The van der Waals surface area contributed by atoms with Gasteiger partial charge in [0.15, 0.2) is 5.78 Å². The van der Waals surface area contributed by atoms with Crippen molar-refractivity contribution >= 4 is 34.1 Å². The van der Waals surface area contributed by atoms with Crippen LogP contribution in [0.25, 0.3) is 0 Å². The number of ether oxygens (including phenoxy) is 3. The molecule has 0 aliphatic heterocycles. The van der Waals surface area contributed by atoms with E-state index < -0.39 is 57.1 Å². The lowest BCUT2D eigenvalue weighted by Gasteiger charge is -2.26. The van der Waals surface area contributed by atoms with Crippen molar-refractivity contribution in [2.75, 3.05) is 31.9 Å². The van der Waals surface area contributed by atoms with Crippen molar-refractivity contribution in [2.45, 2.75) is 71.8 Å². The first-order valence-corrected chi connectivity index (χ1v) is 16.5. The van der Waals surface area contributed by atoms with Crippen LogP contribution in [0, 0.1) is 0 Å². The van der Waals surface area contributed by atoms with Gasteiger partial charge in [0.25, 0.3) is 0 Å². The van der Waals surface area contributed by atoms with Gasteiger partial charge in [-0.2, -0.15) is 4.31 Å². The van der Waals surface area contributed by atoms with Crippen LogP contribution in [-0.2, 0) is 42.1 Å².